The first-order valence-electron chi connectivity index (χ1n) is 7.56. The smallest absolute Gasteiger partial charge is 0.263 e. The van der Waals surface area contributed by atoms with E-state index in [0.717, 1.165) is 31.6 Å². The SMILES string of the molecule is FC(F)c1ccc(CNCCCN2CCCCC2)cc1. The van der Waals surface area contributed by atoms with Crippen LogP contribution in [0.3, 0.4) is 0 Å². The number of nitrogens with zero attached hydrogens (tertiary/aromatic N) is 1. The average molecular weight is 282 g/mol. The maximum Gasteiger partial charge on any atom is 0.263 e. The van der Waals surface area contributed by atoms with Crippen molar-refractivity contribution >= 4 is 0 Å². The van der Waals surface area contributed by atoms with Crippen LogP contribution in [-0.4, -0.2) is 31.1 Å². The third-order valence-corrected chi connectivity index (χ3v) is 3.84. The number of benzene rings is 1. The van der Waals surface area contributed by atoms with Crippen molar-refractivity contribution < 1.29 is 8.78 Å². The first-order valence-corrected chi connectivity index (χ1v) is 7.56. The van der Waals surface area contributed by atoms with Gasteiger partial charge in [-0.3, -0.25) is 0 Å². The van der Waals surface area contributed by atoms with Gasteiger partial charge in [0.15, 0.2) is 0 Å². The van der Waals surface area contributed by atoms with E-state index >= 15 is 0 Å². The molecule has 1 aromatic carbocycles. The van der Waals surface area contributed by atoms with Gasteiger partial charge in [-0.25, -0.2) is 8.78 Å². The summed E-state index contributed by atoms with van der Waals surface area (Å²) in [5.41, 5.74) is 1.16. The van der Waals surface area contributed by atoms with Gasteiger partial charge in [0.2, 0.25) is 0 Å². The van der Waals surface area contributed by atoms with E-state index in [4.69, 9.17) is 0 Å². The zero-order valence-electron chi connectivity index (χ0n) is 12.0. The Morgan fingerprint density at radius 1 is 1.05 bits per heavy atom. The number of likely N-dealkylation sites (tertiary alicyclic amines) is 1. The van der Waals surface area contributed by atoms with Gasteiger partial charge in [-0.15, -0.1) is 0 Å². The molecule has 0 unspecified atom stereocenters. The maximum atomic E-state index is 12.4. The summed E-state index contributed by atoms with van der Waals surface area (Å²) in [6, 6.07) is 6.57. The topological polar surface area (TPSA) is 15.3 Å². The molecule has 0 radical (unpaired) electrons. The molecule has 1 aliphatic heterocycles. The predicted molar refractivity (Wildman–Crippen MR) is 78.0 cm³/mol. The van der Waals surface area contributed by atoms with Crippen LogP contribution in [0.2, 0.25) is 0 Å². The zero-order valence-corrected chi connectivity index (χ0v) is 12.0. The van der Waals surface area contributed by atoms with Gasteiger partial charge in [0.1, 0.15) is 0 Å². The summed E-state index contributed by atoms with van der Waals surface area (Å²) < 4.78 is 24.8. The van der Waals surface area contributed by atoms with Crippen LogP contribution in [0, 0.1) is 0 Å². The van der Waals surface area contributed by atoms with Crippen molar-refractivity contribution in [3.05, 3.63) is 35.4 Å². The van der Waals surface area contributed by atoms with Crippen molar-refractivity contribution in [2.75, 3.05) is 26.2 Å². The molecule has 0 spiro atoms. The summed E-state index contributed by atoms with van der Waals surface area (Å²) >= 11 is 0. The van der Waals surface area contributed by atoms with Crippen LogP contribution < -0.4 is 5.32 Å². The van der Waals surface area contributed by atoms with Crippen LogP contribution in [0.5, 0.6) is 0 Å². The fourth-order valence-corrected chi connectivity index (χ4v) is 2.62. The fraction of sp³-hybridized carbons (Fsp3) is 0.625. The maximum absolute atomic E-state index is 12.4. The molecule has 1 aliphatic rings. The summed E-state index contributed by atoms with van der Waals surface area (Å²) in [5, 5.41) is 3.38. The molecule has 2 rings (SSSR count). The second-order valence-electron chi connectivity index (χ2n) is 5.47. The standard InChI is InChI=1S/C16H24F2N2/c17-16(18)15-7-5-14(6-8-15)13-19-9-4-12-20-10-2-1-3-11-20/h5-8,16,19H,1-4,9-13H2. The van der Waals surface area contributed by atoms with Crippen molar-refractivity contribution in [1.29, 1.82) is 0 Å². The predicted octanol–water partition coefficient (Wildman–Crippen LogP) is 3.59. The minimum Gasteiger partial charge on any atom is -0.313 e. The summed E-state index contributed by atoms with van der Waals surface area (Å²) in [7, 11) is 0. The monoisotopic (exact) mass is 282 g/mol. The molecule has 1 fully saturated rings. The third kappa shape index (κ3) is 5.17. The van der Waals surface area contributed by atoms with Crippen LogP contribution in [-0.2, 0) is 6.54 Å². The summed E-state index contributed by atoms with van der Waals surface area (Å²) in [4.78, 5) is 2.53. The molecule has 2 nitrogen and oxygen atoms in total. The summed E-state index contributed by atoms with van der Waals surface area (Å²) in [6.07, 6.45) is 2.83. The van der Waals surface area contributed by atoms with Gasteiger partial charge in [-0.1, -0.05) is 30.7 Å². The molecule has 1 saturated heterocycles. The number of hydrogen-bond acceptors (Lipinski definition) is 2. The molecule has 20 heavy (non-hydrogen) atoms. The Kier molecular flexibility index (Phi) is 6.40. The molecule has 0 aromatic heterocycles. The van der Waals surface area contributed by atoms with Gasteiger partial charge in [0, 0.05) is 12.1 Å². The number of hydrogen-bond donors (Lipinski definition) is 1. The van der Waals surface area contributed by atoms with Crippen LogP contribution in [0.15, 0.2) is 24.3 Å². The highest BCUT2D eigenvalue weighted by Crippen LogP contribution is 2.18. The molecule has 0 aliphatic carbocycles. The summed E-state index contributed by atoms with van der Waals surface area (Å²) in [6.45, 7) is 5.39. The van der Waals surface area contributed by atoms with E-state index in [0.29, 0.717) is 0 Å². The normalized spacial score (nSPS) is 16.8. The molecule has 1 heterocycles. The molecule has 4 heteroatoms. The largest absolute Gasteiger partial charge is 0.313 e. The second-order valence-corrected chi connectivity index (χ2v) is 5.47. The number of alkyl halides is 2. The highest BCUT2D eigenvalue weighted by Gasteiger charge is 2.09. The number of piperidine rings is 1. The van der Waals surface area contributed by atoms with E-state index in [1.54, 1.807) is 12.1 Å². The third-order valence-electron chi connectivity index (χ3n) is 3.84. The molecule has 0 saturated carbocycles. The molecule has 1 aromatic rings. The van der Waals surface area contributed by atoms with E-state index in [1.165, 1.54) is 44.5 Å². The fourth-order valence-electron chi connectivity index (χ4n) is 2.62. The summed E-state index contributed by atoms with van der Waals surface area (Å²) in [5.74, 6) is 0. The first-order chi connectivity index (χ1) is 9.75. The Balaban J connectivity index is 1.58. The van der Waals surface area contributed by atoms with Crippen LogP contribution >= 0.6 is 0 Å². The Labute approximate surface area is 120 Å². The zero-order chi connectivity index (χ0) is 14.2. The van der Waals surface area contributed by atoms with Crippen molar-refractivity contribution in [3.63, 3.8) is 0 Å². The number of halogens is 2. The van der Waals surface area contributed by atoms with E-state index in [9.17, 15) is 8.78 Å². The molecule has 0 bridgehead atoms. The molecule has 0 amide bonds. The van der Waals surface area contributed by atoms with Gasteiger partial charge < -0.3 is 10.2 Å². The molecule has 0 atom stereocenters. The van der Waals surface area contributed by atoms with Crippen LogP contribution in [0.25, 0.3) is 0 Å². The van der Waals surface area contributed by atoms with E-state index in [1.807, 2.05) is 0 Å². The van der Waals surface area contributed by atoms with E-state index in [2.05, 4.69) is 10.2 Å². The lowest BCUT2D eigenvalue weighted by Crippen LogP contribution is -2.32. The van der Waals surface area contributed by atoms with Gasteiger partial charge in [0.05, 0.1) is 0 Å². The average Bonchev–Trinajstić information content (AvgIpc) is 2.48. The Morgan fingerprint density at radius 3 is 2.40 bits per heavy atom. The Bertz CT molecular complexity index is 373. The Hall–Kier alpha value is -1.00. The molecular formula is C16H24F2N2. The Morgan fingerprint density at radius 2 is 1.75 bits per heavy atom. The minimum absolute atomic E-state index is 0.0962. The van der Waals surface area contributed by atoms with Crippen molar-refractivity contribution in [2.45, 2.75) is 38.7 Å². The van der Waals surface area contributed by atoms with Crippen LogP contribution in [0.4, 0.5) is 8.78 Å². The van der Waals surface area contributed by atoms with Crippen molar-refractivity contribution in [1.82, 2.24) is 10.2 Å². The van der Waals surface area contributed by atoms with E-state index < -0.39 is 6.43 Å². The highest BCUT2D eigenvalue weighted by atomic mass is 19.3. The lowest BCUT2D eigenvalue weighted by Gasteiger charge is -2.26. The molecular weight excluding hydrogens is 258 g/mol. The number of rotatable bonds is 7. The quantitative estimate of drug-likeness (QED) is 0.769. The van der Waals surface area contributed by atoms with E-state index in [-0.39, 0.29) is 5.56 Å². The van der Waals surface area contributed by atoms with Gasteiger partial charge >= 0.3 is 0 Å². The number of nitrogens with one attached hydrogen (secondary N) is 1. The van der Waals surface area contributed by atoms with Crippen molar-refractivity contribution in [3.8, 4) is 0 Å². The van der Waals surface area contributed by atoms with Crippen molar-refractivity contribution in [2.24, 2.45) is 0 Å². The molecule has 1 N–H and O–H groups in total. The molecule has 112 valence electrons. The highest BCUT2D eigenvalue weighted by molar-refractivity contribution is 5.23. The van der Waals surface area contributed by atoms with Gasteiger partial charge in [-0.2, -0.15) is 0 Å². The minimum atomic E-state index is -2.37. The van der Waals surface area contributed by atoms with Gasteiger partial charge in [-0.05, 0) is 51.0 Å². The first kappa shape index (κ1) is 15.4. The van der Waals surface area contributed by atoms with Crippen LogP contribution in [0.1, 0.15) is 43.2 Å². The second kappa shape index (κ2) is 8.32. The lowest BCUT2D eigenvalue weighted by atomic mass is 10.1. The van der Waals surface area contributed by atoms with Gasteiger partial charge in [0.25, 0.3) is 6.43 Å². The lowest BCUT2D eigenvalue weighted by molar-refractivity contribution is 0.151.